The molecule has 0 aliphatic rings. The third-order valence-corrected chi connectivity index (χ3v) is 2.51. The van der Waals surface area contributed by atoms with Crippen LogP contribution < -0.4 is 16.4 Å². The van der Waals surface area contributed by atoms with E-state index in [1.54, 1.807) is 19.2 Å². The lowest BCUT2D eigenvalue weighted by Crippen LogP contribution is -2.32. The van der Waals surface area contributed by atoms with Crippen molar-refractivity contribution in [3.63, 3.8) is 0 Å². The van der Waals surface area contributed by atoms with Crippen LogP contribution in [0.25, 0.3) is 11.0 Å². The fourth-order valence-corrected chi connectivity index (χ4v) is 1.56. The Bertz CT molecular complexity index is 568. The number of ether oxygens (including phenoxy) is 1. The number of carbonyl (C=O) groups is 1. The minimum Gasteiger partial charge on any atom is -0.397 e. The molecule has 1 aromatic heterocycles. The molecule has 1 aromatic carbocycles. The standard InChI is InChI=1S/C11H15N5O3/c1-18-5-4-13-9(17)6-14-8-3-2-7(12)10-11(8)16-19-15-10/h2-3,14H,4-6,12H2,1H3,(H,13,17). The van der Waals surface area contributed by atoms with E-state index in [-0.39, 0.29) is 12.5 Å². The Balaban J connectivity index is 1.96. The Morgan fingerprint density at radius 2 is 2.21 bits per heavy atom. The van der Waals surface area contributed by atoms with Crippen LogP contribution in [-0.2, 0) is 9.53 Å². The predicted molar refractivity (Wildman–Crippen MR) is 69.6 cm³/mol. The van der Waals surface area contributed by atoms with Crippen molar-refractivity contribution in [2.24, 2.45) is 0 Å². The van der Waals surface area contributed by atoms with Crippen molar-refractivity contribution in [1.29, 1.82) is 0 Å². The Morgan fingerprint density at radius 3 is 3.00 bits per heavy atom. The molecule has 2 rings (SSSR count). The minimum absolute atomic E-state index is 0.121. The summed E-state index contributed by atoms with van der Waals surface area (Å²) in [6, 6.07) is 3.40. The smallest absolute Gasteiger partial charge is 0.239 e. The number of anilines is 2. The molecule has 19 heavy (non-hydrogen) atoms. The molecule has 2 aromatic rings. The number of nitrogens with zero attached hydrogens (tertiary/aromatic N) is 2. The summed E-state index contributed by atoms with van der Waals surface area (Å²) in [4.78, 5) is 11.5. The molecule has 0 bridgehead atoms. The number of nitrogen functional groups attached to an aromatic ring is 1. The normalized spacial score (nSPS) is 10.6. The van der Waals surface area contributed by atoms with Gasteiger partial charge in [-0.3, -0.25) is 4.79 Å². The number of hydrogen-bond acceptors (Lipinski definition) is 7. The molecule has 0 saturated heterocycles. The average Bonchev–Trinajstić information content (AvgIpc) is 2.89. The molecule has 0 aliphatic carbocycles. The van der Waals surface area contributed by atoms with Gasteiger partial charge >= 0.3 is 0 Å². The molecule has 4 N–H and O–H groups in total. The van der Waals surface area contributed by atoms with Gasteiger partial charge in [0.25, 0.3) is 0 Å². The van der Waals surface area contributed by atoms with Crippen LogP contribution in [-0.4, -0.2) is 43.0 Å². The van der Waals surface area contributed by atoms with Crippen molar-refractivity contribution >= 4 is 28.3 Å². The second-order valence-electron chi connectivity index (χ2n) is 3.86. The molecule has 0 aliphatic heterocycles. The van der Waals surface area contributed by atoms with E-state index in [2.05, 4.69) is 25.6 Å². The van der Waals surface area contributed by atoms with E-state index in [0.717, 1.165) is 0 Å². The summed E-state index contributed by atoms with van der Waals surface area (Å²) in [6.45, 7) is 1.07. The fourth-order valence-electron chi connectivity index (χ4n) is 1.56. The first kappa shape index (κ1) is 13.1. The van der Waals surface area contributed by atoms with Gasteiger partial charge < -0.3 is 21.1 Å². The van der Waals surface area contributed by atoms with E-state index in [9.17, 15) is 4.79 Å². The lowest BCUT2D eigenvalue weighted by atomic mass is 10.2. The van der Waals surface area contributed by atoms with Gasteiger partial charge in [0, 0.05) is 13.7 Å². The van der Waals surface area contributed by atoms with Crippen LogP contribution >= 0.6 is 0 Å². The number of nitrogens with one attached hydrogen (secondary N) is 2. The largest absolute Gasteiger partial charge is 0.397 e. The van der Waals surface area contributed by atoms with Crippen molar-refractivity contribution in [2.45, 2.75) is 0 Å². The van der Waals surface area contributed by atoms with Crippen molar-refractivity contribution in [3.05, 3.63) is 12.1 Å². The highest BCUT2D eigenvalue weighted by Crippen LogP contribution is 2.24. The highest BCUT2D eigenvalue weighted by atomic mass is 16.6. The Kier molecular flexibility index (Phi) is 4.14. The molecular weight excluding hydrogens is 250 g/mol. The van der Waals surface area contributed by atoms with Crippen molar-refractivity contribution in [2.75, 3.05) is 37.9 Å². The molecule has 102 valence electrons. The zero-order valence-electron chi connectivity index (χ0n) is 10.5. The molecule has 0 unspecified atom stereocenters. The summed E-state index contributed by atoms with van der Waals surface area (Å²) in [6.07, 6.45) is 0. The second-order valence-corrected chi connectivity index (χ2v) is 3.86. The van der Waals surface area contributed by atoms with Gasteiger partial charge in [-0.1, -0.05) is 0 Å². The van der Waals surface area contributed by atoms with E-state index < -0.39 is 0 Å². The first-order valence-electron chi connectivity index (χ1n) is 5.72. The van der Waals surface area contributed by atoms with Gasteiger partial charge in [-0.15, -0.1) is 0 Å². The number of nitrogens with two attached hydrogens (primary N) is 1. The molecule has 1 amide bonds. The lowest BCUT2D eigenvalue weighted by molar-refractivity contribution is -0.119. The van der Waals surface area contributed by atoms with Gasteiger partial charge in [-0.25, -0.2) is 4.63 Å². The maximum atomic E-state index is 11.5. The summed E-state index contributed by atoms with van der Waals surface area (Å²) in [5.74, 6) is -0.140. The molecule has 0 spiro atoms. The number of hydrogen-bond donors (Lipinski definition) is 3. The number of amides is 1. The zero-order valence-corrected chi connectivity index (χ0v) is 10.5. The third kappa shape index (κ3) is 3.10. The highest BCUT2D eigenvalue weighted by molar-refractivity contribution is 5.96. The number of benzene rings is 1. The molecule has 0 atom stereocenters. The minimum atomic E-state index is -0.140. The topological polar surface area (TPSA) is 115 Å². The van der Waals surface area contributed by atoms with Crippen LogP contribution in [0.5, 0.6) is 0 Å². The zero-order chi connectivity index (χ0) is 13.7. The van der Waals surface area contributed by atoms with Gasteiger partial charge in [-0.05, 0) is 22.4 Å². The Morgan fingerprint density at radius 1 is 1.42 bits per heavy atom. The summed E-state index contributed by atoms with van der Waals surface area (Å²) in [5.41, 5.74) is 7.83. The molecular formula is C11H15N5O3. The number of aromatic nitrogens is 2. The fraction of sp³-hybridized carbons (Fsp3) is 0.364. The number of methoxy groups -OCH3 is 1. The number of carbonyl (C=O) groups excluding carboxylic acids is 1. The van der Waals surface area contributed by atoms with Crippen molar-refractivity contribution in [1.82, 2.24) is 15.6 Å². The van der Waals surface area contributed by atoms with Crippen LogP contribution in [0.1, 0.15) is 0 Å². The first-order valence-corrected chi connectivity index (χ1v) is 5.72. The average molecular weight is 265 g/mol. The van der Waals surface area contributed by atoms with E-state index in [4.69, 9.17) is 10.5 Å². The van der Waals surface area contributed by atoms with Crippen molar-refractivity contribution in [3.8, 4) is 0 Å². The second kappa shape index (κ2) is 6.01. The number of fused-ring (bicyclic) bond motifs is 1. The first-order chi connectivity index (χ1) is 9.22. The predicted octanol–water partition coefficient (Wildman–Crippen LogP) is -0.0205. The molecule has 0 fully saturated rings. The van der Waals surface area contributed by atoms with E-state index in [0.29, 0.717) is 35.6 Å². The highest BCUT2D eigenvalue weighted by Gasteiger charge is 2.10. The summed E-state index contributed by atoms with van der Waals surface area (Å²) in [5, 5.41) is 13.1. The van der Waals surface area contributed by atoms with Crippen LogP contribution in [0.15, 0.2) is 16.8 Å². The monoisotopic (exact) mass is 265 g/mol. The van der Waals surface area contributed by atoms with Crippen LogP contribution in [0.3, 0.4) is 0 Å². The van der Waals surface area contributed by atoms with E-state index in [1.807, 2.05) is 0 Å². The summed E-state index contributed by atoms with van der Waals surface area (Å²) in [7, 11) is 1.58. The van der Waals surface area contributed by atoms with E-state index in [1.165, 1.54) is 0 Å². The lowest BCUT2D eigenvalue weighted by Gasteiger charge is -2.07. The van der Waals surface area contributed by atoms with Crippen LogP contribution in [0.4, 0.5) is 11.4 Å². The molecule has 0 saturated carbocycles. The maximum Gasteiger partial charge on any atom is 0.239 e. The van der Waals surface area contributed by atoms with Crippen molar-refractivity contribution < 1.29 is 14.2 Å². The summed E-state index contributed by atoms with van der Waals surface area (Å²) < 4.78 is 9.47. The van der Waals surface area contributed by atoms with Gasteiger partial charge in [0.15, 0.2) is 11.0 Å². The molecule has 8 nitrogen and oxygen atoms in total. The molecule has 1 heterocycles. The Hall–Kier alpha value is -2.35. The van der Waals surface area contributed by atoms with E-state index >= 15 is 0 Å². The van der Waals surface area contributed by atoms with Gasteiger partial charge in [-0.2, -0.15) is 0 Å². The van der Waals surface area contributed by atoms with Crippen LogP contribution in [0.2, 0.25) is 0 Å². The number of rotatable bonds is 6. The molecule has 0 radical (unpaired) electrons. The third-order valence-electron chi connectivity index (χ3n) is 2.51. The maximum absolute atomic E-state index is 11.5. The SMILES string of the molecule is COCCNC(=O)CNc1ccc(N)c2nonc12. The van der Waals surface area contributed by atoms with Gasteiger partial charge in [0.05, 0.1) is 24.5 Å². The quantitative estimate of drug-likeness (QED) is 0.496. The van der Waals surface area contributed by atoms with Gasteiger partial charge in [0.1, 0.15) is 0 Å². The molecule has 8 heteroatoms. The van der Waals surface area contributed by atoms with Gasteiger partial charge in [0.2, 0.25) is 5.91 Å². The van der Waals surface area contributed by atoms with Crippen LogP contribution in [0, 0.1) is 0 Å². The Labute approximate surface area is 109 Å². The summed E-state index contributed by atoms with van der Waals surface area (Å²) >= 11 is 0.